The van der Waals surface area contributed by atoms with Gasteiger partial charge in [0.15, 0.2) is 0 Å². The number of carbonyl (C=O) groups excluding carboxylic acids is 1. The summed E-state index contributed by atoms with van der Waals surface area (Å²) in [5, 5.41) is 0. The highest BCUT2D eigenvalue weighted by Crippen LogP contribution is 2.39. The van der Waals surface area contributed by atoms with Gasteiger partial charge in [-0.3, -0.25) is 9.52 Å². The molecule has 1 aliphatic heterocycles. The molecule has 0 radical (unpaired) electrons. The Morgan fingerprint density at radius 3 is 2.53 bits per heavy atom. The van der Waals surface area contributed by atoms with Gasteiger partial charge in [-0.1, -0.05) is 13.8 Å². The summed E-state index contributed by atoms with van der Waals surface area (Å²) < 4.78 is 39.8. The van der Waals surface area contributed by atoms with Gasteiger partial charge in [0.05, 0.1) is 28.8 Å². The summed E-state index contributed by atoms with van der Waals surface area (Å²) in [5.41, 5.74) is 0.977. The van der Waals surface area contributed by atoms with Crippen LogP contribution in [-0.4, -0.2) is 34.6 Å². The van der Waals surface area contributed by atoms with E-state index in [2.05, 4.69) is 18.6 Å². The van der Waals surface area contributed by atoms with Crippen molar-refractivity contribution < 1.29 is 22.7 Å². The number of rotatable bonds is 7. The number of hydrogen-bond acceptors (Lipinski definition) is 5. The molecule has 0 unspecified atom stereocenters. The van der Waals surface area contributed by atoms with E-state index in [9.17, 15) is 13.2 Å². The zero-order valence-corrected chi connectivity index (χ0v) is 20.4. The van der Waals surface area contributed by atoms with Crippen molar-refractivity contribution in [3.8, 4) is 11.5 Å². The Morgan fingerprint density at radius 1 is 1.19 bits per heavy atom. The number of benzene rings is 2. The molecule has 174 valence electrons. The molecule has 0 spiro atoms. The Morgan fingerprint density at radius 2 is 1.91 bits per heavy atom. The normalized spacial score (nSPS) is 15.7. The molecule has 0 saturated carbocycles. The SMILES string of the molecule is COc1ccc(S(=O)(=O)Nc2ccc3c(c2)N(CCC(C)C)C(=O)C(C)(C)CO3)cc1C. The molecule has 0 fully saturated rings. The number of aryl methyl sites for hydroxylation is 1. The summed E-state index contributed by atoms with van der Waals surface area (Å²) in [6.45, 7) is 10.5. The van der Waals surface area contributed by atoms with Gasteiger partial charge in [-0.2, -0.15) is 0 Å². The van der Waals surface area contributed by atoms with E-state index in [1.54, 1.807) is 49.3 Å². The highest BCUT2D eigenvalue weighted by molar-refractivity contribution is 7.92. The first-order valence-corrected chi connectivity index (χ1v) is 12.2. The number of carbonyl (C=O) groups is 1. The van der Waals surface area contributed by atoms with Gasteiger partial charge in [-0.15, -0.1) is 0 Å². The Labute approximate surface area is 190 Å². The first-order chi connectivity index (χ1) is 14.9. The fourth-order valence-corrected chi connectivity index (χ4v) is 4.68. The lowest BCUT2D eigenvalue weighted by Gasteiger charge is -2.28. The molecule has 3 rings (SSSR count). The number of nitrogens with one attached hydrogen (secondary N) is 1. The van der Waals surface area contributed by atoms with Crippen LogP contribution in [0, 0.1) is 18.3 Å². The van der Waals surface area contributed by atoms with Crippen molar-refractivity contribution >= 4 is 27.3 Å². The van der Waals surface area contributed by atoms with Gasteiger partial charge in [0.2, 0.25) is 5.91 Å². The van der Waals surface area contributed by atoms with Gasteiger partial charge < -0.3 is 14.4 Å². The van der Waals surface area contributed by atoms with Crippen LogP contribution in [-0.2, 0) is 14.8 Å². The molecule has 32 heavy (non-hydrogen) atoms. The van der Waals surface area contributed by atoms with Crippen molar-refractivity contribution in [1.29, 1.82) is 0 Å². The minimum absolute atomic E-state index is 0.0392. The second kappa shape index (κ2) is 9.02. The maximum atomic E-state index is 13.3. The van der Waals surface area contributed by atoms with Crippen LogP contribution >= 0.6 is 0 Å². The van der Waals surface area contributed by atoms with Crippen LogP contribution in [0.1, 0.15) is 39.7 Å². The third-order valence-corrected chi connectivity index (χ3v) is 6.90. The van der Waals surface area contributed by atoms with Crippen molar-refractivity contribution in [2.75, 3.05) is 29.9 Å². The quantitative estimate of drug-likeness (QED) is 0.653. The minimum Gasteiger partial charge on any atom is -0.496 e. The summed E-state index contributed by atoms with van der Waals surface area (Å²) in [7, 11) is -2.28. The number of anilines is 2. The first-order valence-electron chi connectivity index (χ1n) is 10.7. The van der Waals surface area contributed by atoms with Crippen LogP contribution in [0.5, 0.6) is 11.5 Å². The van der Waals surface area contributed by atoms with Crippen LogP contribution in [0.15, 0.2) is 41.3 Å². The molecule has 1 amide bonds. The predicted octanol–water partition coefficient (Wildman–Crippen LogP) is 4.60. The molecule has 7 nitrogen and oxygen atoms in total. The molecule has 1 aliphatic rings. The lowest BCUT2D eigenvalue weighted by molar-refractivity contribution is -0.127. The monoisotopic (exact) mass is 460 g/mol. The van der Waals surface area contributed by atoms with Gasteiger partial charge >= 0.3 is 0 Å². The third kappa shape index (κ3) is 5.01. The topological polar surface area (TPSA) is 84.9 Å². The van der Waals surface area contributed by atoms with Gasteiger partial charge in [-0.05, 0) is 75.1 Å². The predicted molar refractivity (Wildman–Crippen MR) is 126 cm³/mol. The lowest BCUT2D eigenvalue weighted by atomic mass is 9.92. The van der Waals surface area contributed by atoms with E-state index in [1.807, 2.05) is 13.8 Å². The Hall–Kier alpha value is -2.74. The van der Waals surface area contributed by atoms with Crippen molar-refractivity contribution in [2.45, 2.75) is 45.9 Å². The van der Waals surface area contributed by atoms with Crippen LogP contribution in [0.25, 0.3) is 0 Å². The summed E-state index contributed by atoms with van der Waals surface area (Å²) in [4.78, 5) is 15.1. The molecule has 2 aromatic rings. The average molecular weight is 461 g/mol. The average Bonchev–Trinajstić information content (AvgIpc) is 2.81. The van der Waals surface area contributed by atoms with E-state index in [1.165, 1.54) is 6.07 Å². The number of methoxy groups -OCH3 is 1. The van der Waals surface area contributed by atoms with E-state index in [4.69, 9.17) is 9.47 Å². The summed E-state index contributed by atoms with van der Waals surface area (Å²) in [6, 6.07) is 9.72. The molecular formula is C24H32N2O5S. The number of hydrogen-bond donors (Lipinski definition) is 1. The van der Waals surface area contributed by atoms with Gasteiger partial charge in [0.25, 0.3) is 10.0 Å². The summed E-state index contributed by atoms with van der Waals surface area (Å²) in [5.74, 6) is 1.56. The zero-order chi connectivity index (χ0) is 23.7. The molecular weight excluding hydrogens is 428 g/mol. The van der Waals surface area contributed by atoms with Crippen molar-refractivity contribution in [1.82, 2.24) is 0 Å². The van der Waals surface area contributed by atoms with Crippen molar-refractivity contribution in [3.63, 3.8) is 0 Å². The molecule has 0 atom stereocenters. The second-order valence-electron chi connectivity index (χ2n) is 9.23. The molecule has 2 aromatic carbocycles. The van der Waals surface area contributed by atoms with Gasteiger partial charge in [-0.25, -0.2) is 8.42 Å². The fourth-order valence-electron chi connectivity index (χ4n) is 3.55. The van der Waals surface area contributed by atoms with Crippen molar-refractivity contribution in [2.24, 2.45) is 11.3 Å². The van der Waals surface area contributed by atoms with Gasteiger partial charge in [0.1, 0.15) is 18.1 Å². The summed E-state index contributed by atoms with van der Waals surface area (Å²) in [6.07, 6.45) is 0.822. The molecule has 0 aromatic heterocycles. The van der Waals surface area contributed by atoms with E-state index in [0.29, 0.717) is 35.3 Å². The minimum atomic E-state index is -3.83. The standard InChI is InChI=1S/C24H32N2O5S/c1-16(2)11-12-26-20-14-18(7-9-22(20)31-15-24(4,5)23(26)27)25-32(28,29)19-8-10-21(30-6)17(3)13-19/h7-10,13-14,16,25H,11-12,15H2,1-6H3. The zero-order valence-electron chi connectivity index (χ0n) is 19.6. The Balaban J connectivity index is 1.96. The fraction of sp³-hybridized carbons (Fsp3) is 0.458. The van der Waals surface area contributed by atoms with E-state index in [0.717, 1.165) is 12.0 Å². The number of fused-ring (bicyclic) bond motifs is 1. The van der Waals surface area contributed by atoms with Crippen LogP contribution in [0.2, 0.25) is 0 Å². The van der Waals surface area contributed by atoms with Crippen LogP contribution in [0.4, 0.5) is 11.4 Å². The highest BCUT2D eigenvalue weighted by atomic mass is 32.2. The maximum Gasteiger partial charge on any atom is 0.261 e. The van der Waals surface area contributed by atoms with E-state index >= 15 is 0 Å². The number of sulfonamides is 1. The number of amides is 1. The van der Waals surface area contributed by atoms with E-state index < -0.39 is 15.4 Å². The second-order valence-corrected chi connectivity index (χ2v) is 10.9. The first kappa shape index (κ1) is 23.9. The molecule has 0 saturated heterocycles. The molecule has 0 aliphatic carbocycles. The van der Waals surface area contributed by atoms with Crippen molar-refractivity contribution in [3.05, 3.63) is 42.0 Å². The highest BCUT2D eigenvalue weighted by Gasteiger charge is 2.37. The number of nitrogens with zero attached hydrogens (tertiary/aromatic N) is 1. The smallest absolute Gasteiger partial charge is 0.261 e. The van der Waals surface area contributed by atoms with Gasteiger partial charge in [0, 0.05) is 6.54 Å². The number of ether oxygens (including phenoxy) is 2. The molecule has 1 heterocycles. The van der Waals surface area contributed by atoms with E-state index in [-0.39, 0.29) is 17.4 Å². The van der Waals surface area contributed by atoms with Crippen LogP contribution in [0.3, 0.4) is 0 Å². The largest absolute Gasteiger partial charge is 0.496 e. The third-order valence-electron chi connectivity index (χ3n) is 5.52. The Bertz CT molecular complexity index is 1110. The molecule has 1 N–H and O–H groups in total. The van der Waals surface area contributed by atoms with Crippen LogP contribution < -0.4 is 19.1 Å². The molecule has 0 bridgehead atoms. The molecule has 8 heteroatoms. The Kier molecular flexibility index (Phi) is 6.74. The summed E-state index contributed by atoms with van der Waals surface area (Å²) >= 11 is 0. The lowest BCUT2D eigenvalue weighted by Crippen LogP contribution is -2.42. The maximum absolute atomic E-state index is 13.3.